The third-order valence-corrected chi connectivity index (χ3v) is 6.03. The van der Waals surface area contributed by atoms with Gasteiger partial charge in [0.25, 0.3) is 5.91 Å². The minimum absolute atomic E-state index is 0.0639. The van der Waals surface area contributed by atoms with Crippen LogP contribution in [0.2, 0.25) is 0 Å². The Balaban J connectivity index is 1.39. The van der Waals surface area contributed by atoms with Crippen LogP contribution in [0, 0.1) is 0 Å². The number of carboxylic acids is 1. The van der Waals surface area contributed by atoms with Crippen LogP contribution in [-0.2, 0) is 4.79 Å². The van der Waals surface area contributed by atoms with E-state index in [9.17, 15) is 14.7 Å². The first-order valence-electron chi connectivity index (χ1n) is 10.8. The number of nitrogens with one attached hydrogen (secondary N) is 1. The monoisotopic (exact) mass is 477 g/mol. The van der Waals surface area contributed by atoms with E-state index in [2.05, 4.69) is 5.32 Å². The van der Waals surface area contributed by atoms with Crippen LogP contribution in [0.5, 0.6) is 34.5 Å². The number of fused-ring (bicyclic) bond motifs is 3. The number of hydrogen-bond acceptors (Lipinski definition) is 8. The minimum Gasteiger partial charge on any atom is -0.480 e. The number of ether oxygens (including phenoxy) is 6. The highest BCUT2D eigenvalue weighted by atomic mass is 16.7. The number of carbonyl (C=O) groups excluding carboxylic acids is 1. The number of hydrogen-bond donors (Lipinski definition) is 2. The topological polar surface area (TPSA) is 122 Å². The second kappa shape index (κ2) is 8.32. The molecule has 2 N–H and O–H groups in total. The molecule has 0 aliphatic carbocycles. The second-order valence-electron chi connectivity index (χ2n) is 8.06. The Morgan fingerprint density at radius 2 is 1.11 bits per heavy atom. The van der Waals surface area contributed by atoms with Gasteiger partial charge in [0.05, 0.1) is 0 Å². The molecule has 0 saturated carbocycles. The first-order chi connectivity index (χ1) is 17.1. The van der Waals surface area contributed by atoms with Gasteiger partial charge >= 0.3 is 5.97 Å². The third-order valence-electron chi connectivity index (χ3n) is 6.03. The molecule has 3 aromatic rings. The standard InChI is InChI=1S/C25H19NO9/c27-24(15-3-6-18-21(9-15)35-12-32-18)26-23(25(28)29)22(13-1-4-16-19(7-13)33-10-30-16)14-2-5-17-20(8-14)34-11-31-17/h1-9,22-23H,10-12H2,(H,26,27)(H,28,29). The Bertz CT molecular complexity index is 1280. The summed E-state index contributed by atoms with van der Waals surface area (Å²) in [6, 6.07) is 13.8. The third kappa shape index (κ3) is 3.78. The van der Waals surface area contributed by atoms with E-state index in [-0.39, 0.29) is 25.9 Å². The molecule has 10 heteroatoms. The molecule has 0 spiro atoms. The summed E-state index contributed by atoms with van der Waals surface area (Å²) in [5.74, 6) is 0.515. The van der Waals surface area contributed by atoms with E-state index < -0.39 is 23.8 Å². The molecule has 3 aliphatic heterocycles. The van der Waals surface area contributed by atoms with Crippen molar-refractivity contribution in [1.29, 1.82) is 0 Å². The van der Waals surface area contributed by atoms with Gasteiger partial charge in [-0.05, 0) is 53.6 Å². The van der Waals surface area contributed by atoms with E-state index in [1.165, 1.54) is 6.07 Å². The summed E-state index contributed by atoms with van der Waals surface area (Å²) >= 11 is 0. The van der Waals surface area contributed by atoms with E-state index in [0.717, 1.165) is 0 Å². The molecular weight excluding hydrogens is 458 g/mol. The lowest BCUT2D eigenvalue weighted by Gasteiger charge is -2.26. The Morgan fingerprint density at radius 3 is 1.63 bits per heavy atom. The molecule has 10 nitrogen and oxygen atoms in total. The maximum Gasteiger partial charge on any atom is 0.327 e. The van der Waals surface area contributed by atoms with Crippen LogP contribution in [0.15, 0.2) is 54.6 Å². The van der Waals surface area contributed by atoms with Gasteiger partial charge < -0.3 is 38.8 Å². The van der Waals surface area contributed by atoms with Crippen molar-refractivity contribution >= 4 is 11.9 Å². The largest absolute Gasteiger partial charge is 0.480 e. The molecule has 0 fully saturated rings. The lowest BCUT2D eigenvalue weighted by atomic mass is 9.84. The normalized spacial score (nSPS) is 15.2. The van der Waals surface area contributed by atoms with Crippen molar-refractivity contribution in [2.45, 2.75) is 12.0 Å². The molecule has 178 valence electrons. The van der Waals surface area contributed by atoms with Crippen LogP contribution >= 0.6 is 0 Å². The van der Waals surface area contributed by atoms with Crippen LogP contribution in [0.3, 0.4) is 0 Å². The average Bonchev–Trinajstić information content (AvgIpc) is 3.62. The fraction of sp³-hybridized carbons (Fsp3) is 0.200. The highest BCUT2D eigenvalue weighted by Crippen LogP contribution is 2.41. The Kier molecular flexibility index (Phi) is 4.98. The lowest BCUT2D eigenvalue weighted by Crippen LogP contribution is -2.45. The van der Waals surface area contributed by atoms with Crippen LogP contribution in [0.1, 0.15) is 27.4 Å². The molecule has 3 heterocycles. The zero-order valence-corrected chi connectivity index (χ0v) is 18.2. The zero-order chi connectivity index (χ0) is 23.9. The first kappa shape index (κ1) is 21.0. The number of rotatable bonds is 6. The van der Waals surface area contributed by atoms with Crippen LogP contribution in [0.25, 0.3) is 0 Å². The van der Waals surface area contributed by atoms with Gasteiger partial charge in [-0.3, -0.25) is 4.79 Å². The predicted molar refractivity (Wildman–Crippen MR) is 118 cm³/mol. The molecule has 35 heavy (non-hydrogen) atoms. The van der Waals surface area contributed by atoms with Gasteiger partial charge in [0.15, 0.2) is 34.5 Å². The van der Waals surface area contributed by atoms with Gasteiger partial charge in [-0.2, -0.15) is 0 Å². The summed E-state index contributed by atoms with van der Waals surface area (Å²) in [4.78, 5) is 25.7. The molecule has 0 aromatic heterocycles. The fourth-order valence-corrected chi connectivity index (χ4v) is 4.34. The number of carbonyl (C=O) groups is 2. The van der Waals surface area contributed by atoms with Crippen molar-refractivity contribution in [2.75, 3.05) is 20.4 Å². The Morgan fingerprint density at radius 1 is 0.657 bits per heavy atom. The van der Waals surface area contributed by atoms with Crippen molar-refractivity contribution < 1.29 is 43.1 Å². The summed E-state index contributed by atoms with van der Waals surface area (Å²) in [6.07, 6.45) is 0. The van der Waals surface area contributed by atoms with E-state index in [4.69, 9.17) is 28.4 Å². The van der Waals surface area contributed by atoms with Gasteiger partial charge in [0.2, 0.25) is 20.4 Å². The van der Waals surface area contributed by atoms with E-state index in [0.29, 0.717) is 45.6 Å². The van der Waals surface area contributed by atoms with E-state index >= 15 is 0 Å². The number of benzene rings is 3. The van der Waals surface area contributed by atoms with Gasteiger partial charge in [-0.15, -0.1) is 0 Å². The lowest BCUT2D eigenvalue weighted by molar-refractivity contribution is -0.139. The zero-order valence-electron chi connectivity index (χ0n) is 18.2. The summed E-state index contributed by atoms with van der Waals surface area (Å²) in [5, 5.41) is 12.9. The van der Waals surface area contributed by atoms with Gasteiger partial charge in [-0.1, -0.05) is 12.1 Å². The van der Waals surface area contributed by atoms with Crippen molar-refractivity contribution in [3.8, 4) is 34.5 Å². The van der Waals surface area contributed by atoms with Crippen molar-refractivity contribution in [1.82, 2.24) is 5.32 Å². The number of amides is 1. The average molecular weight is 477 g/mol. The summed E-state index contributed by atoms with van der Waals surface area (Å²) in [6.45, 7) is 0.224. The van der Waals surface area contributed by atoms with Crippen LogP contribution in [0.4, 0.5) is 0 Å². The summed E-state index contributed by atoms with van der Waals surface area (Å²) < 4.78 is 32.4. The Hall–Kier alpha value is -4.60. The summed E-state index contributed by atoms with van der Waals surface area (Å²) in [5.41, 5.74) is 1.48. The molecule has 0 saturated heterocycles. The molecule has 1 unspecified atom stereocenters. The van der Waals surface area contributed by atoms with Crippen molar-refractivity contribution in [3.05, 3.63) is 71.3 Å². The summed E-state index contributed by atoms with van der Waals surface area (Å²) in [7, 11) is 0. The van der Waals surface area contributed by atoms with E-state index in [1.54, 1.807) is 48.5 Å². The number of aliphatic carboxylic acids is 1. The van der Waals surface area contributed by atoms with Crippen molar-refractivity contribution in [3.63, 3.8) is 0 Å². The first-order valence-corrected chi connectivity index (χ1v) is 10.8. The van der Waals surface area contributed by atoms with Gasteiger partial charge in [-0.25, -0.2) is 4.79 Å². The Labute approximate surface area is 198 Å². The minimum atomic E-state index is -1.33. The second-order valence-corrected chi connectivity index (χ2v) is 8.06. The smallest absolute Gasteiger partial charge is 0.327 e. The predicted octanol–water partition coefficient (Wildman–Crippen LogP) is 2.89. The molecule has 1 atom stereocenters. The molecule has 0 radical (unpaired) electrons. The molecular formula is C25H19NO9. The number of carboxylic acid groups (broad SMARTS) is 1. The highest BCUT2D eigenvalue weighted by Gasteiger charge is 2.35. The van der Waals surface area contributed by atoms with Crippen LogP contribution in [-0.4, -0.2) is 43.4 Å². The maximum absolute atomic E-state index is 13.1. The molecule has 3 aromatic carbocycles. The van der Waals surface area contributed by atoms with Gasteiger partial charge in [0, 0.05) is 11.5 Å². The SMILES string of the molecule is O=C(NC(C(=O)O)C(c1ccc2c(c1)OCO2)c1ccc2c(c1)OCO2)c1ccc2c(c1)OCO2. The molecule has 1 amide bonds. The van der Waals surface area contributed by atoms with E-state index in [1.807, 2.05) is 0 Å². The maximum atomic E-state index is 13.1. The van der Waals surface area contributed by atoms with Gasteiger partial charge in [0.1, 0.15) is 6.04 Å². The molecule has 0 bridgehead atoms. The fourth-order valence-electron chi connectivity index (χ4n) is 4.34. The highest BCUT2D eigenvalue weighted by molar-refractivity contribution is 5.97. The molecule has 3 aliphatic rings. The van der Waals surface area contributed by atoms with Crippen molar-refractivity contribution in [2.24, 2.45) is 0 Å². The van der Waals surface area contributed by atoms with Crippen LogP contribution < -0.4 is 33.7 Å². The quantitative estimate of drug-likeness (QED) is 0.552. The molecule has 6 rings (SSSR count).